The molecule has 0 unspecified atom stereocenters. The fourth-order valence-electron chi connectivity index (χ4n) is 1.78. The average molecular weight is 310 g/mol. The van der Waals surface area contributed by atoms with E-state index in [0.717, 1.165) is 5.56 Å². The van der Waals surface area contributed by atoms with Crippen molar-refractivity contribution in [2.45, 2.75) is 19.9 Å². The van der Waals surface area contributed by atoms with Gasteiger partial charge in [-0.2, -0.15) is 4.57 Å². The van der Waals surface area contributed by atoms with Crippen LogP contribution in [-0.4, -0.2) is 5.91 Å². The van der Waals surface area contributed by atoms with Crippen molar-refractivity contribution in [2.75, 3.05) is 5.32 Å². The predicted octanol–water partition coefficient (Wildman–Crippen LogP) is 3.79. The van der Waals surface area contributed by atoms with E-state index in [4.69, 9.17) is 23.2 Å². The SMILES string of the molecule is Cc1cc[n+]([C@H](C)C(=O)Nc2cc(Cl)cc(Cl)c2)cc1. The van der Waals surface area contributed by atoms with Crippen molar-refractivity contribution in [3.63, 3.8) is 0 Å². The Morgan fingerprint density at radius 2 is 1.70 bits per heavy atom. The Morgan fingerprint density at radius 3 is 2.25 bits per heavy atom. The fourth-order valence-corrected chi connectivity index (χ4v) is 2.30. The third-order valence-electron chi connectivity index (χ3n) is 2.98. The van der Waals surface area contributed by atoms with Crippen molar-refractivity contribution in [3.8, 4) is 0 Å². The van der Waals surface area contributed by atoms with E-state index in [1.165, 1.54) is 0 Å². The smallest absolute Gasteiger partial charge is 0.293 e. The molecule has 2 rings (SSSR count). The Kier molecular flexibility index (Phi) is 4.63. The average Bonchev–Trinajstić information content (AvgIpc) is 2.37. The molecule has 1 atom stereocenters. The van der Waals surface area contributed by atoms with Gasteiger partial charge in [-0.3, -0.25) is 4.79 Å². The highest BCUT2D eigenvalue weighted by molar-refractivity contribution is 6.35. The molecule has 0 bridgehead atoms. The van der Waals surface area contributed by atoms with Gasteiger partial charge in [-0.15, -0.1) is 0 Å². The molecule has 0 spiro atoms. The number of hydrogen-bond donors (Lipinski definition) is 1. The molecule has 0 aliphatic carbocycles. The molecule has 20 heavy (non-hydrogen) atoms. The number of carbonyl (C=O) groups is 1. The molecule has 1 heterocycles. The first-order valence-corrected chi connectivity index (χ1v) is 6.95. The highest BCUT2D eigenvalue weighted by Gasteiger charge is 2.21. The first-order chi connectivity index (χ1) is 9.45. The molecule has 1 amide bonds. The maximum absolute atomic E-state index is 12.2. The summed E-state index contributed by atoms with van der Waals surface area (Å²) in [6, 6.07) is 8.54. The number of aryl methyl sites for hydroxylation is 1. The normalized spacial score (nSPS) is 12.0. The number of nitrogens with zero attached hydrogens (tertiary/aromatic N) is 1. The molecular formula is C15H15Cl2N2O+. The van der Waals surface area contributed by atoms with Crippen molar-refractivity contribution < 1.29 is 9.36 Å². The highest BCUT2D eigenvalue weighted by atomic mass is 35.5. The van der Waals surface area contributed by atoms with Crippen LogP contribution in [0.3, 0.4) is 0 Å². The summed E-state index contributed by atoms with van der Waals surface area (Å²) in [7, 11) is 0. The molecule has 0 radical (unpaired) electrons. The Labute approximate surface area is 128 Å². The van der Waals surface area contributed by atoms with E-state index in [-0.39, 0.29) is 11.9 Å². The molecule has 0 fully saturated rings. The largest absolute Gasteiger partial charge is 0.320 e. The third-order valence-corrected chi connectivity index (χ3v) is 3.41. The zero-order valence-corrected chi connectivity index (χ0v) is 12.7. The Balaban J connectivity index is 2.13. The molecule has 1 aromatic heterocycles. The molecule has 104 valence electrons. The lowest BCUT2D eigenvalue weighted by Gasteiger charge is -2.09. The van der Waals surface area contributed by atoms with Gasteiger partial charge in [0.15, 0.2) is 12.4 Å². The second-order valence-electron chi connectivity index (χ2n) is 4.65. The van der Waals surface area contributed by atoms with E-state index in [1.807, 2.05) is 42.9 Å². The number of benzene rings is 1. The fraction of sp³-hybridized carbons (Fsp3) is 0.200. The maximum Gasteiger partial charge on any atom is 0.293 e. The van der Waals surface area contributed by atoms with Gasteiger partial charge in [-0.05, 0) is 30.7 Å². The lowest BCUT2D eigenvalue weighted by Crippen LogP contribution is -2.43. The number of nitrogens with one attached hydrogen (secondary N) is 1. The van der Waals surface area contributed by atoms with E-state index in [0.29, 0.717) is 15.7 Å². The summed E-state index contributed by atoms with van der Waals surface area (Å²) < 4.78 is 1.84. The molecule has 0 aliphatic heterocycles. The molecular weight excluding hydrogens is 295 g/mol. The number of halogens is 2. The third kappa shape index (κ3) is 3.71. The summed E-state index contributed by atoms with van der Waals surface area (Å²) in [5.74, 6) is -0.128. The number of carbonyl (C=O) groups excluding carboxylic acids is 1. The number of amides is 1. The second-order valence-corrected chi connectivity index (χ2v) is 5.52. The highest BCUT2D eigenvalue weighted by Crippen LogP contribution is 2.22. The minimum Gasteiger partial charge on any atom is -0.320 e. The quantitative estimate of drug-likeness (QED) is 0.860. The van der Waals surface area contributed by atoms with Crippen LogP contribution in [0.25, 0.3) is 0 Å². The topological polar surface area (TPSA) is 33.0 Å². The van der Waals surface area contributed by atoms with Gasteiger partial charge >= 0.3 is 0 Å². The number of anilines is 1. The molecule has 3 nitrogen and oxygen atoms in total. The van der Waals surface area contributed by atoms with Crippen molar-refractivity contribution in [1.82, 2.24) is 0 Å². The number of pyridine rings is 1. The van der Waals surface area contributed by atoms with Crippen LogP contribution in [0.1, 0.15) is 18.5 Å². The standard InChI is InChI=1S/C15H14Cl2N2O/c1-10-3-5-19(6-4-10)11(2)15(20)18-14-8-12(16)7-13(17)9-14/h3-9,11H,1-2H3/p+1/t11-/m1/s1. The second kappa shape index (κ2) is 6.25. The summed E-state index contributed by atoms with van der Waals surface area (Å²) in [5, 5.41) is 3.79. The van der Waals surface area contributed by atoms with E-state index in [1.54, 1.807) is 18.2 Å². The van der Waals surface area contributed by atoms with Gasteiger partial charge < -0.3 is 5.32 Å². The first kappa shape index (κ1) is 14.8. The zero-order chi connectivity index (χ0) is 14.7. The van der Waals surface area contributed by atoms with Crippen LogP contribution in [0.15, 0.2) is 42.7 Å². The van der Waals surface area contributed by atoms with Gasteiger partial charge in [0.05, 0.1) is 0 Å². The Morgan fingerprint density at radius 1 is 1.15 bits per heavy atom. The number of aromatic nitrogens is 1. The number of rotatable bonds is 3. The lowest BCUT2D eigenvalue weighted by molar-refractivity contribution is -0.705. The lowest BCUT2D eigenvalue weighted by atomic mass is 10.2. The molecule has 0 saturated carbocycles. The van der Waals surface area contributed by atoms with Gasteiger partial charge in [0.25, 0.3) is 5.91 Å². The predicted molar refractivity (Wildman–Crippen MR) is 81.2 cm³/mol. The summed E-state index contributed by atoms with van der Waals surface area (Å²) >= 11 is 11.8. The summed E-state index contributed by atoms with van der Waals surface area (Å²) in [6.07, 6.45) is 3.76. The summed E-state index contributed by atoms with van der Waals surface area (Å²) in [5.41, 5.74) is 1.74. The van der Waals surface area contributed by atoms with Gasteiger partial charge in [0.2, 0.25) is 6.04 Å². The van der Waals surface area contributed by atoms with Gasteiger partial charge in [0, 0.05) is 34.8 Å². The molecule has 0 aliphatic rings. The van der Waals surface area contributed by atoms with Crippen LogP contribution in [0.5, 0.6) is 0 Å². The van der Waals surface area contributed by atoms with Crippen molar-refractivity contribution in [3.05, 3.63) is 58.3 Å². The van der Waals surface area contributed by atoms with Gasteiger partial charge in [-0.1, -0.05) is 23.2 Å². The van der Waals surface area contributed by atoms with Crippen LogP contribution in [0, 0.1) is 6.92 Å². The van der Waals surface area contributed by atoms with Gasteiger partial charge in [0.1, 0.15) is 0 Å². The Bertz CT molecular complexity index is 606. The van der Waals surface area contributed by atoms with Gasteiger partial charge in [-0.25, -0.2) is 0 Å². The Hall–Kier alpha value is -1.58. The minimum absolute atomic E-state index is 0.128. The van der Waals surface area contributed by atoms with Crippen LogP contribution in [0.4, 0.5) is 5.69 Å². The summed E-state index contributed by atoms with van der Waals surface area (Å²) in [6.45, 7) is 3.83. The molecule has 2 aromatic rings. The molecule has 1 N–H and O–H groups in total. The zero-order valence-electron chi connectivity index (χ0n) is 11.2. The minimum atomic E-state index is -0.326. The van der Waals surface area contributed by atoms with E-state index < -0.39 is 0 Å². The van der Waals surface area contributed by atoms with E-state index in [9.17, 15) is 4.79 Å². The maximum atomic E-state index is 12.2. The van der Waals surface area contributed by atoms with E-state index in [2.05, 4.69) is 5.32 Å². The van der Waals surface area contributed by atoms with Crippen LogP contribution in [-0.2, 0) is 4.79 Å². The van der Waals surface area contributed by atoms with Crippen molar-refractivity contribution in [1.29, 1.82) is 0 Å². The molecule has 1 aromatic carbocycles. The van der Waals surface area contributed by atoms with E-state index >= 15 is 0 Å². The number of hydrogen-bond acceptors (Lipinski definition) is 1. The first-order valence-electron chi connectivity index (χ1n) is 6.20. The van der Waals surface area contributed by atoms with Crippen molar-refractivity contribution in [2.24, 2.45) is 0 Å². The monoisotopic (exact) mass is 309 g/mol. The van der Waals surface area contributed by atoms with Crippen LogP contribution in [0.2, 0.25) is 10.0 Å². The van der Waals surface area contributed by atoms with Crippen molar-refractivity contribution >= 4 is 34.8 Å². The van der Waals surface area contributed by atoms with Crippen LogP contribution < -0.4 is 9.88 Å². The van der Waals surface area contributed by atoms with Crippen LogP contribution >= 0.6 is 23.2 Å². The summed E-state index contributed by atoms with van der Waals surface area (Å²) in [4.78, 5) is 12.2. The molecule has 0 saturated heterocycles. The molecule has 5 heteroatoms.